The third-order valence-electron chi connectivity index (χ3n) is 4.21. The van der Waals surface area contributed by atoms with Gasteiger partial charge in [0.15, 0.2) is 0 Å². The normalized spacial score (nSPS) is 15.6. The van der Waals surface area contributed by atoms with Crippen molar-refractivity contribution in [2.45, 2.75) is 25.8 Å². The Morgan fingerprint density at radius 1 is 1.33 bits per heavy atom. The lowest BCUT2D eigenvalue weighted by Crippen LogP contribution is -2.24. The van der Waals surface area contributed by atoms with Crippen LogP contribution in [0.4, 0.5) is 11.4 Å². The smallest absolute Gasteiger partial charge is 0.282 e. The van der Waals surface area contributed by atoms with Gasteiger partial charge in [0, 0.05) is 31.7 Å². The minimum Gasteiger partial charge on any atom is -0.376 e. The monoisotopic (exact) mass is 390 g/mol. The largest absolute Gasteiger partial charge is 0.376 e. The lowest BCUT2D eigenvalue weighted by molar-refractivity contribution is -0.117. The van der Waals surface area contributed by atoms with Gasteiger partial charge in [-0.1, -0.05) is 12.1 Å². The Morgan fingerprint density at radius 2 is 2.12 bits per heavy atom. The molecule has 1 N–H and O–H groups in total. The molecule has 1 amide bonds. The molecule has 126 valence electrons. The summed E-state index contributed by atoms with van der Waals surface area (Å²) in [6.07, 6.45) is 3.14. The number of halogens is 1. The first-order valence-electron chi connectivity index (χ1n) is 7.86. The lowest BCUT2D eigenvalue weighted by atomic mass is 10.1. The molecule has 0 bridgehead atoms. The first-order valence-corrected chi connectivity index (χ1v) is 8.65. The number of rotatable bonds is 4. The molecule has 1 fully saturated rings. The van der Waals surface area contributed by atoms with Crippen LogP contribution in [-0.4, -0.2) is 22.2 Å². The lowest BCUT2D eigenvalue weighted by Gasteiger charge is -2.20. The number of benzene rings is 1. The van der Waals surface area contributed by atoms with Crippen molar-refractivity contribution in [2.24, 2.45) is 7.05 Å². The van der Waals surface area contributed by atoms with Gasteiger partial charge < -0.3 is 10.2 Å². The van der Waals surface area contributed by atoms with Crippen molar-refractivity contribution in [3.05, 3.63) is 50.9 Å². The summed E-state index contributed by atoms with van der Waals surface area (Å²) in [7, 11) is 1.61. The van der Waals surface area contributed by atoms with Crippen molar-refractivity contribution in [2.75, 3.05) is 16.8 Å². The topological polar surface area (TPSA) is 67.2 Å². The van der Waals surface area contributed by atoms with E-state index < -0.39 is 0 Å². The Hall–Kier alpha value is -2.15. The van der Waals surface area contributed by atoms with Gasteiger partial charge in [0.1, 0.15) is 4.47 Å². The van der Waals surface area contributed by atoms with Gasteiger partial charge in [-0.05, 0) is 47.0 Å². The van der Waals surface area contributed by atoms with E-state index >= 15 is 0 Å². The number of aryl methyl sites for hydroxylation is 1. The first-order chi connectivity index (χ1) is 11.5. The molecule has 2 aromatic rings. The summed E-state index contributed by atoms with van der Waals surface area (Å²) >= 11 is 3.32. The summed E-state index contributed by atoms with van der Waals surface area (Å²) in [5.41, 5.74) is 2.42. The molecule has 0 aliphatic carbocycles. The standard InChI is InChI=1S/C17H19BrN4O2/c1-11(20-14-10-19-21(2)17(24)16(14)18)12-5-3-6-13(9-12)22-8-4-7-15(22)23/h3,5-6,9-11,20H,4,7-8H2,1-2H3. The number of carbonyl (C=O) groups is 1. The molecule has 1 aromatic heterocycles. The second-order valence-electron chi connectivity index (χ2n) is 5.91. The van der Waals surface area contributed by atoms with Crippen LogP contribution in [0.5, 0.6) is 0 Å². The quantitative estimate of drug-likeness (QED) is 0.871. The van der Waals surface area contributed by atoms with Crippen molar-refractivity contribution in [3.8, 4) is 0 Å². The molecule has 24 heavy (non-hydrogen) atoms. The molecule has 0 spiro atoms. The fourth-order valence-electron chi connectivity index (χ4n) is 2.81. The molecule has 7 heteroatoms. The van der Waals surface area contributed by atoms with Crippen molar-refractivity contribution >= 4 is 33.2 Å². The van der Waals surface area contributed by atoms with Crippen LogP contribution < -0.4 is 15.8 Å². The minimum absolute atomic E-state index is 0.0344. The fourth-order valence-corrected chi connectivity index (χ4v) is 3.28. The molecule has 1 saturated heterocycles. The van der Waals surface area contributed by atoms with Crippen LogP contribution in [0.1, 0.15) is 31.4 Å². The van der Waals surface area contributed by atoms with Crippen molar-refractivity contribution in [1.82, 2.24) is 9.78 Å². The van der Waals surface area contributed by atoms with Crippen LogP contribution in [-0.2, 0) is 11.8 Å². The molecule has 1 atom stereocenters. The van der Waals surface area contributed by atoms with Crippen LogP contribution in [0, 0.1) is 0 Å². The number of nitrogens with one attached hydrogen (secondary N) is 1. The predicted molar refractivity (Wildman–Crippen MR) is 97.2 cm³/mol. The zero-order valence-electron chi connectivity index (χ0n) is 13.6. The van der Waals surface area contributed by atoms with E-state index in [1.807, 2.05) is 36.1 Å². The number of aromatic nitrogens is 2. The first kappa shape index (κ1) is 16.7. The molecule has 1 aromatic carbocycles. The molecule has 1 aliphatic heterocycles. The van der Waals surface area contributed by atoms with Gasteiger partial charge >= 0.3 is 0 Å². The van der Waals surface area contributed by atoms with Crippen LogP contribution in [0.25, 0.3) is 0 Å². The summed E-state index contributed by atoms with van der Waals surface area (Å²) in [6, 6.07) is 7.89. The van der Waals surface area contributed by atoms with Gasteiger partial charge in [0.25, 0.3) is 5.56 Å². The van der Waals surface area contributed by atoms with Gasteiger partial charge in [-0.15, -0.1) is 0 Å². The summed E-state index contributed by atoms with van der Waals surface area (Å²) < 4.78 is 1.73. The SMILES string of the molecule is CC(Nc1cnn(C)c(=O)c1Br)c1cccc(N2CCCC2=O)c1. The van der Waals surface area contributed by atoms with E-state index in [1.165, 1.54) is 4.68 Å². The van der Waals surface area contributed by atoms with Crippen molar-refractivity contribution in [1.29, 1.82) is 0 Å². The molecular formula is C17H19BrN4O2. The number of anilines is 2. The molecular weight excluding hydrogens is 372 g/mol. The third kappa shape index (κ3) is 3.21. The summed E-state index contributed by atoms with van der Waals surface area (Å²) in [6.45, 7) is 2.78. The number of nitrogens with zero attached hydrogens (tertiary/aromatic N) is 3. The van der Waals surface area contributed by atoms with Crippen LogP contribution in [0.2, 0.25) is 0 Å². The van der Waals surface area contributed by atoms with E-state index in [0.717, 1.165) is 24.2 Å². The van der Waals surface area contributed by atoms with E-state index in [-0.39, 0.29) is 17.5 Å². The molecule has 1 unspecified atom stereocenters. The van der Waals surface area contributed by atoms with Gasteiger partial charge in [0.05, 0.1) is 11.9 Å². The highest BCUT2D eigenvalue weighted by Gasteiger charge is 2.22. The van der Waals surface area contributed by atoms with Crippen LogP contribution >= 0.6 is 15.9 Å². The van der Waals surface area contributed by atoms with Crippen LogP contribution in [0.15, 0.2) is 39.7 Å². The zero-order valence-corrected chi connectivity index (χ0v) is 15.2. The average Bonchev–Trinajstić information content (AvgIpc) is 3.01. The average molecular weight is 391 g/mol. The number of amides is 1. The van der Waals surface area contributed by atoms with Crippen LogP contribution in [0.3, 0.4) is 0 Å². The maximum atomic E-state index is 11.9. The number of hydrogen-bond donors (Lipinski definition) is 1. The predicted octanol–water partition coefficient (Wildman–Crippen LogP) is 2.84. The zero-order chi connectivity index (χ0) is 17.3. The maximum absolute atomic E-state index is 11.9. The Labute approximate surface area is 148 Å². The van der Waals surface area contributed by atoms with E-state index in [9.17, 15) is 9.59 Å². The summed E-state index contributed by atoms with van der Waals surface area (Å²) in [4.78, 5) is 25.7. The molecule has 2 heterocycles. The van der Waals surface area contributed by atoms with E-state index in [0.29, 0.717) is 16.6 Å². The highest BCUT2D eigenvalue weighted by Crippen LogP contribution is 2.27. The third-order valence-corrected chi connectivity index (χ3v) is 4.97. The number of carbonyl (C=O) groups excluding carboxylic acids is 1. The highest BCUT2D eigenvalue weighted by atomic mass is 79.9. The molecule has 1 aliphatic rings. The van der Waals surface area contributed by atoms with Gasteiger partial charge in [-0.25, -0.2) is 4.68 Å². The Kier molecular flexibility index (Phi) is 4.71. The minimum atomic E-state index is -0.191. The second-order valence-corrected chi connectivity index (χ2v) is 6.70. The Morgan fingerprint density at radius 3 is 2.83 bits per heavy atom. The van der Waals surface area contributed by atoms with E-state index in [4.69, 9.17) is 0 Å². The fraction of sp³-hybridized carbons (Fsp3) is 0.353. The molecule has 0 radical (unpaired) electrons. The van der Waals surface area contributed by atoms with Crippen molar-refractivity contribution in [3.63, 3.8) is 0 Å². The van der Waals surface area contributed by atoms with E-state index in [2.05, 4.69) is 26.3 Å². The second kappa shape index (κ2) is 6.76. The molecule has 0 saturated carbocycles. The molecule has 6 nitrogen and oxygen atoms in total. The van der Waals surface area contributed by atoms with Gasteiger partial charge in [-0.2, -0.15) is 5.10 Å². The Balaban J connectivity index is 1.83. The maximum Gasteiger partial charge on any atom is 0.282 e. The summed E-state index contributed by atoms with van der Waals surface area (Å²) in [5, 5.41) is 7.33. The van der Waals surface area contributed by atoms with Gasteiger partial charge in [0.2, 0.25) is 5.91 Å². The number of hydrogen-bond acceptors (Lipinski definition) is 4. The van der Waals surface area contributed by atoms with Gasteiger partial charge in [-0.3, -0.25) is 9.59 Å². The Bertz CT molecular complexity index is 834. The van der Waals surface area contributed by atoms with Crippen molar-refractivity contribution < 1.29 is 4.79 Å². The molecule has 3 rings (SSSR count). The summed E-state index contributed by atoms with van der Waals surface area (Å²) in [5.74, 6) is 0.172. The highest BCUT2D eigenvalue weighted by molar-refractivity contribution is 9.10. The van der Waals surface area contributed by atoms with E-state index in [1.54, 1.807) is 13.2 Å².